The summed E-state index contributed by atoms with van der Waals surface area (Å²) in [7, 11) is 0. The average molecular weight is 190 g/mol. The molecule has 0 heterocycles. The minimum Gasteiger partial charge on any atom is -0.300 e. The van der Waals surface area contributed by atoms with E-state index >= 15 is 0 Å². The lowest BCUT2D eigenvalue weighted by molar-refractivity contribution is -0.114. The van der Waals surface area contributed by atoms with Gasteiger partial charge in [0.05, 0.1) is 0 Å². The Labute approximate surface area is 83.9 Å². The predicted octanol–water partition coefficient (Wildman–Crippen LogP) is 2.41. The van der Waals surface area contributed by atoms with Gasteiger partial charge in [-0.2, -0.15) is 0 Å². The van der Waals surface area contributed by atoms with Crippen molar-refractivity contribution in [2.75, 3.05) is 0 Å². The second-order valence-electron chi connectivity index (χ2n) is 3.49. The van der Waals surface area contributed by atoms with Gasteiger partial charge in [-0.25, -0.2) is 0 Å². The number of rotatable bonds is 0. The number of fused-ring (bicyclic) bond motifs is 1. The molecular weight excluding hydrogens is 176 g/mol. The monoisotopic (exact) mass is 190 g/mol. The van der Waals surface area contributed by atoms with Gasteiger partial charge in [-0.3, -0.25) is 4.79 Å². The van der Waals surface area contributed by atoms with Gasteiger partial charge in [0.2, 0.25) is 0 Å². The molecule has 0 spiro atoms. The van der Waals surface area contributed by atoms with Crippen LogP contribution in [0.15, 0.2) is 24.3 Å². The van der Waals surface area contributed by atoms with E-state index in [1.165, 1.54) is 19.4 Å². The highest BCUT2D eigenvalue weighted by Crippen LogP contribution is 2.20. The third kappa shape index (κ3) is 2.80. The molecule has 1 aliphatic rings. The number of hydrogen-bond donors (Lipinski definition) is 0. The largest absolute Gasteiger partial charge is 0.300 e. The molecule has 1 aromatic rings. The molecule has 0 N–H and O–H groups in total. The van der Waals surface area contributed by atoms with Crippen LogP contribution in [0.1, 0.15) is 36.2 Å². The molecule has 0 unspecified atom stereocenters. The van der Waals surface area contributed by atoms with E-state index in [4.69, 9.17) is 0 Å². The second-order valence-corrected chi connectivity index (χ2v) is 3.49. The third-order valence-corrected chi connectivity index (χ3v) is 1.94. The van der Waals surface area contributed by atoms with Gasteiger partial charge in [0.25, 0.3) is 0 Å². The Kier molecular flexibility index (Phi) is 3.57. The lowest BCUT2D eigenvalue weighted by Gasteiger charge is -1.92. The molecule has 0 radical (unpaired) electrons. The van der Waals surface area contributed by atoms with Crippen LogP contribution in [-0.4, -0.2) is 11.6 Å². The topological polar surface area (TPSA) is 34.1 Å². The Morgan fingerprint density at radius 1 is 1.14 bits per heavy atom. The predicted molar refractivity (Wildman–Crippen MR) is 55.4 cm³/mol. The van der Waals surface area contributed by atoms with Crippen LogP contribution < -0.4 is 0 Å². The van der Waals surface area contributed by atoms with Gasteiger partial charge in [0, 0.05) is 12.0 Å². The molecular formula is C12H14O2. The lowest BCUT2D eigenvalue weighted by Crippen LogP contribution is -1.88. The zero-order valence-corrected chi connectivity index (χ0v) is 8.54. The first-order valence-corrected chi connectivity index (χ1v) is 4.69. The smallest absolute Gasteiger partial charge is 0.163 e. The minimum absolute atomic E-state index is 0.167. The maximum Gasteiger partial charge on any atom is 0.163 e. The summed E-state index contributed by atoms with van der Waals surface area (Å²) in [4.78, 5) is 20.5. The molecule has 0 bridgehead atoms. The summed E-state index contributed by atoms with van der Waals surface area (Å²) in [5.41, 5.74) is 2.15. The zero-order chi connectivity index (χ0) is 10.6. The standard InChI is InChI=1S/C9H8O.C3H6O/c10-9-6-5-7-3-1-2-4-8(7)9;1-3(2)4/h1-4H,5-6H2;1-2H3. The molecule has 0 aliphatic heterocycles. The van der Waals surface area contributed by atoms with Crippen LogP contribution in [0.5, 0.6) is 0 Å². The Morgan fingerprint density at radius 3 is 2.29 bits per heavy atom. The van der Waals surface area contributed by atoms with Crippen LogP contribution >= 0.6 is 0 Å². The van der Waals surface area contributed by atoms with Crippen molar-refractivity contribution in [1.29, 1.82) is 0 Å². The molecule has 1 aromatic carbocycles. The van der Waals surface area contributed by atoms with Crippen molar-refractivity contribution in [2.24, 2.45) is 0 Å². The number of ketones is 2. The Balaban J connectivity index is 0.000000213. The molecule has 0 atom stereocenters. The van der Waals surface area contributed by atoms with Gasteiger partial charge in [-0.05, 0) is 25.8 Å². The van der Waals surface area contributed by atoms with Gasteiger partial charge in [0.1, 0.15) is 5.78 Å². The van der Waals surface area contributed by atoms with E-state index in [2.05, 4.69) is 0 Å². The molecule has 0 saturated heterocycles. The molecule has 2 nitrogen and oxygen atoms in total. The van der Waals surface area contributed by atoms with E-state index in [1.807, 2.05) is 24.3 Å². The van der Waals surface area contributed by atoms with Crippen LogP contribution in [0.3, 0.4) is 0 Å². The number of benzene rings is 1. The van der Waals surface area contributed by atoms with Crippen LogP contribution in [-0.2, 0) is 11.2 Å². The van der Waals surface area contributed by atoms with E-state index < -0.39 is 0 Å². The zero-order valence-electron chi connectivity index (χ0n) is 8.54. The van der Waals surface area contributed by atoms with Crippen LogP contribution in [0.2, 0.25) is 0 Å². The first-order valence-electron chi connectivity index (χ1n) is 4.69. The van der Waals surface area contributed by atoms with Crippen molar-refractivity contribution < 1.29 is 9.59 Å². The van der Waals surface area contributed by atoms with E-state index in [-0.39, 0.29) is 5.78 Å². The van der Waals surface area contributed by atoms with Crippen molar-refractivity contribution in [3.8, 4) is 0 Å². The summed E-state index contributed by atoms with van der Waals surface area (Å²) < 4.78 is 0. The van der Waals surface area contributed by atoms with E-state index in [0.29, 0.717) is 12.2 Å². The first kappa shape index (κ1) is 10.6. The molecule has 0 fully saturated rings. The van der Waals surface area contributed by atoms with Crippen LogP contribution in [0, 0.1) is 0 Å². The van der Waals surface area contributed by atoms with E-state index in [1.54, 1.807) is 0 Å². The average Bonchev–Trinajstić information content (AvgIpc) is 2.48. The molecule has 0 aromatic heterocycles. The molecule has 1 aliphatic carbocycles. The van der Waals surface area contributed by atoms with Gasteiger partial charge in [0.15, 0.2) is 5.78 Å². The Hall–Kier alpha value is -1.44. The van der Waals surface area contributed by atoms with Gasteiger partial charge in [-0.1, -0.05) is 24.3 Å². The van der Waals surface area contributed by atoms with Gasteiger partial charge < -0.3 is 4.79 Å². The molecule has 14 heavy (non-hydrogen) atoms. The summed E-state index contributed by atoms with van der Waals surface area (Å²) in [5.74, 6) is 0.468. The molecule has 0 saturated carbocycles. The van der Waals surface area contributed by atoms with Crippen molar-refractivity contribution in [1.82, 2.24) is 0 Å². The molecule has 0 amide bonds. The van der Waals surface area contributed by atoms with Crippen molar-refractivity contribution in [2.45, 2.75) is 26.7 Å². The fourth-order valence-electron chi connectivity index (χ4n) is 1.39. The third-order valence-electron chi connectivity index (χ3n) is 1.94. The number of carbonyl (C=O) groups is 2. The lowest BCUT2D eigenvalue weighted by atomic mass is 10.1. The summed E-state index contributed by atoms with van der Waals surface area (Å²) >= 11 is 0. The van der Waals surface area contributed by atoms with E-state index in [9.17, 15) is 9.59 Å². The quantitative estimate of drug-likeness (QED) is 0.629. The minimum atomic E-state index is 0.167. The SMILES string of the molecule is CC(C)=O.O=C1CCc2ccccc21. The van der Waals surface area contributed by atoms with Gasteiger partial charge in [-0.15, -0.1) is 0 Å². The highest BCUT2D eigenvalue weighted by molar-refractivity contribution is 6.00. The van der Waals surface area contributed by atoms with Crippen LogP contribution in [0.4, 0.5) is 0 Å². The highest BCUT2D eigenvalue weighted by atomic mass is 16.1. The fraction of sp³-hybridized carbons (Fsp3) is 0.333. The first-order chi connectivity index (χ1) is 6.61. The summed E-state index contributed by atoms with van der Waals surface area (Å²) in [6.45, 7) is 3.06. The highest BCUT2D eigenvalue weighted by Gasteiger charge is 2.17. The van der Waals surface area contributed by atoms with Crippen molar-refractivity contribution in [3.63, 3.8) is 0 Å². The molecule has 2 heteroatoms. The number of carbonyl (C=O) groups excluding carboxylic acids is 2. The summed E-state index contributed by atoms with van der Waals surface area (Å²) in [6.07, 6.45) is 1.65. The Bertz CT molecular complexity index is 349. The number of Topliss-reactive ketones (excluding diaryl/α,β-unsaturated/α-hetero) is 2. The Morgan fingerprint density at radius 2 is 1.71 bits per heavy atom. The molecule has 74 valence electrons. The fourth-order valence-corrected chi connectivity index (χ4v) is 1.39. The maximum absolute atomic E-state index is 11.1. The summed E-state index contributed by atoms with van der Waals surface area (Å²) in [5, 5.41) is 0. The van der Waals surface area contributed by atoms with Crippen LogP contribution in [0.25, 0.3) is 0 Å². The van der Waals surface area contributed by atoms with Crippen molar-refractivity contribution >= 4 is 11.6 Å². The van der Waals surface area contributed by atoms with Crippen molar-refractivity contribution in [3.05, 3.63) is 35.4 Å². The van der Waals surface area contributed by atoms with Gasteiger partial charge >= 0.3 is 0 Å². The maximum atomic E-state index is 11.1. The van der Waals surface area contributed by atoms with E-state index in [0.717, 1.165) is 12.0 Å². The number of aryl methyl sites for hydroxylation is 1. The number of hydrogen-bond acceptors (Lipinski definition) is 2. The summed E-state index contributed by atoms with van der Waals surface area (Å²) in [6, 6.07) is 7.84. The normalized spacial score (nSPS) is 12.9. The second kappa shape index (κ2) is 4.70. The molecule has 2 rings (SSSR count).